The van der Waals surface area contributed by atoms with Crippen LogP contribution in [0, 0.1) is 5.41 Å². The van der Waals surface area contributed by atoms with E-state index in [0.717, 1.165) is 31.9 Å². The Bertz CT molecular complexity index is 463. The number of nitrogens with two attached hydrogens (primary N) is 1. The van der Waals surface area contributed by atoms with Crippen LogP contribution in [0.4, 0.5) is 5.95 Å². The van der Waals surface area contributed by atoms with Gasteiger partial charge in [-0.2, -0.15) is 0 Å². The molecule has 1 amide bonds. The maximum absolute atomic E-state index is 12.1. The van der Waals surface area contributed by atoms with Gasteiger partial charge in [-0.05, 0) is 24.3 Å². The van der Waals surface area contributed by atoms with Crippen molar-refractivity contribution in [2.24, 2.45) is 11.1 Å². The van der Waals surface area contributed by atoms with Crippen LogP contribution < -0.4 is 16.0 Å². The van der Waals surface area contributed by atoms with Gasteiger partial charge in [-0.1, -0.05) is 20.8 Å². The first-order valence-electron chi connectivity index (χ1n) is 7.46. The van der Waals surface area contributed by atoms with Gasteiger partial charge in [0, 0.05) is 31.5 Å². The van der Waals surface area contributed by atoms with Crippen LogP contribution in [-0.4, -0.2) is 41.0 Å². The van der Waals surface area contributed by atoms with Crippen LogP contribution in [0.15, 0.2) is 18.5 Å². The van der Waals surface area contributed by atoms with E-state index < -0.39 is 6.04 Å². The third kappa shape index (κ3) is 4.14. The number of hydrogen-bond acceptors (Lipinski definition) is 5. The first kappa shape index (κ1) is 15.7. The first-order chi connectivity index (χ1) is 9.88. The Morgan fingerprint density at radius 1 is 1.33 bits per heavy atom. The van der Waals surface area contributed by atoms with Crippen molar-refractivity contribution in [1.29, 1.82) is 0 Å². The Hall–Kier alpha value is -1.69. The van der Waals surface area contributed by atoms with E-state index in [-0.39, 0.29) is 17.4 Å². The zero-order chi connectivity index (χ0) is 15.5. The molecule has 0 spiro atoms. The summed E-state index contributed by atoms with van der Waals surface area (Å²) in [4.78, 5) is 22.8. The number of rotatable bonds is 3. The quantitative estimate of drug-likeness (QED) is 0.865. The predicted octanol–water partition coefficient (Wildman–Crippen LogP) is 0.935. The average Bonchev–Trinajstić information content (AvgIpc) is 2.47. The number of carbonyl (C=O) groups excluding carboxylic acids is 1. The van der Waals surface area contributed by atoms with E-state index in [4.69, 9.17) is 5.73 Å². The van der Waals surface area contributed by atoms with Crippen LogP contribution in [0.25, 0.3) is 0 Å². The Morgan fingerprint density at radius 3 is 2.43 bits per heavy atom. The number of hydrogen-bond donors (Lipinski definition) is 2. The number of nitrogens with one attached hydrogen (secondary N) is 1. The fourth-order valence-corrected chi connectivity index (χ4v) is 2.36. The summed E-state index contributed by atoms with van der Waals surface area (Å²) in [7, 11) is 0. The first-order valence-corrected chi connectivity index (χ1v) is 7.46. The highest BCUT2D eigenvalue weighted by atomic mass is 16.2. The molecule has 1 fully saturated rings. The molecular formula is C15H25N5O. The molecule has 2 heterocycles. The van der Waals surface area contributed by atoms with Crippen molar-refractivity contribution in [1.82, 2.24) is 15.3 Å². The summed E-state index contributed by atoms with van der Waals surface area (Å²) in [6, 6.07) is 1.52. The van der Waals surface area contributed by atoms with E-state index in [2.05, 4.69) is 20.2 Å². The number of carbonyl (C=O) groups is 1. The molecule has 116 valence electrons. The molecule has 1 atom stereocenters. The second kappa shape index (κ2) is 6.39. The Kier molecular flexibility index (Phi) is 4.77. The molecule has 1 aromatic heterocycles. The predicted molar refractivity (Wildman–Crippen MR) is 82.8 cm³/mol. The largest absolute Gasteiger partial charge is 0.352 e. The normalized spacial score (nSPS) is 18.4. The van der Waals surface area contributed by atoms with Crippen LogP contribution in [0.2, 0.25) is 0 Å². The second-order valence-electron chi connectivity index (χ2n) is 6.66. The van der Waals surface area contributed by atoms with E-state index in [1.165, 1.54) is 0 Å². The van der Waals surface area contributed by atoms with Crippen molar-refractivity contribution in [3.05, 3.63) is 18.5 Å². The van der Waals surface area contributed by atoms with Crippen molar-refractivity contribution in [3.63, 3.8) is 0 Å². The Morgan fingerprint density at radius 2 is 1.90 bits per heavy atom. The summed E-state index contributed by atoms with van der Waals surface area (Å²) < 4.78 is 0. The minimum Gasteiger partial charge on any atom is -0.352 e. The van der Waals surface area contributed by atoms with E-state index in [9.17, 15) is 4.79 Å². The molecule has 0 saturated carbocycles. The molecule has 3 N–H and O–H groups in total. The van der Waals surface area contributed by atoms with Crippen LogP contribution in [0.1, 0.15) is 33.6 Å². The van der Waals surface area contributed by atoms with Crippen LogP contribution in [0.3, 0.4) is 0 Å². The number of amides is 1. The van der Waals surface area contributed by atoms with Crippen molar-refractivity contribution >= 4 is 11.9 Å². The molecular weight excluding hydrogens is 266 g/mol. The van der Waals surface area contributed by atoms with Gasteiger partial charge >= 0.3 is 0 Å². The molecule has 2 rings (SSSR count). The van der Waals surface area contributed by atoms with Crippen LogP contribution in [-0.2, 0) is 4.79 Å². The average molecular weight is 291 g/mol. The SMILES string of the molecule is CC(C)(C)[C@H](N)C(=O)NC1CCN(c2ncccn2)CC1. The molecule has 0 radical (unpaired) electrons. The van der Waals surface area contributed by atoms with Gasteiger partial charge in [0.2, 0.25) is 11.9 Å². The molecule has 6 nitrogen and oxygen atoms in total. The molecule has 0 bridgehead atoms. The maximum Gasteiger partial charge on any atom is 0.237 e. The molecule has 1 saturated heterocycles. The van der Waals surface area contributed by atoms with Crippen molar-refractivity contribution in [2.45, 2.75) is 45.7 Å². The highest BCUT2D eigenvalue weighted by Gasteiger charge is 2.30. The minimum absolute atomic E-state index is 0.0584. The zero-order valence-corrected chi connectivity index (χ0v) is 13.0. The summed E-state index contributed by atoms with van der Waals surface area (Å²) >= 11 is 0. The Balaban J connectivity index is 1.83. The van der Waals surface area contributed by atoms with Gasteiger partial charge in [0.1, 0.15) is 0 Å². The van der Waals surface area contributed by atoms with Crippen LogP contribution >= 0.6 is 0 Å². The molecule has 1 aliphatic heterocycles. The van der Waals surface area contributed by atoms with Gasteiger partial charge in [0.25, 0.3) is 0 Å². The minimum atomic E-state index is -0.479. The van der Waals surface area contributed by atoms with Crippen molar-refractivity contribution in [3.8, 4) is 0 Å². The summed E-state index contributed by atoms with van der Waals surface area (Å²) in [5, 5.41) is 3.07. The van der Waals surface area contributed by atoms with E-state index >= 15 is 0 Å². The lowest BCUT2D eigenvalue weighted by Crippen LogP contribution is -2.53. The second-order valence-corrected chi connectivity index (χ2v) is 6.66. The number of aromatic nitrogens is 2. The Labute approximate surface area is 126 Å². The van der Waals surface area contributed by atoms with Gasteiger partial charge < -0.3 is 16.0 Å². The fourth-order valence-electron chi connectivity index (χ4n) is 2.36. The number of anilines is 1. The molecule has 0 aliphatic carbocycles. The van der Waals surface area contributed by atoms with E-state index in [0.29, 0.717) is 0 Å². The third-order valence-electron chi connectivity index (χ3n) is 3.89. The lowest BCUT2D eigenvalue weighted by molar-refractivity contribution is -0.125. The molecule has 6 heteroatoms. The summed E-state index contributed by atoms with van der Waals surface area (Å²) in [6.45, 7) is 7.63. The molecule has 1 aliphatic rings. The summed E-state index contributed by atoms with van der Waals surface area (Å²) in [5.74, 6) is 0.700. The zero-order valence-electron chi connectivity index (χ0n) is 13.0. The molecule has 21 heavy (non-hydrogen) atoms. The third-order valence-corrected chi connectivity index (χ3v) is 3.89. The highest BCUT2D eigenvalue weighted by molar-refractivity contribution is 5.82. The summed E-state index contributed by atoms with van der Waals surface area (Å²) in [5.41, 5.74) is 5.77. The smallest absolute Gasteiger partial charge is 0.237 e. The standard InChI is InChI=1S/C15H25N5O/c1-15(2,3)12(16)13(21)19-11-5-9-20(10-6-11)14-17-7-4-8-18-14/h4,7-8,11-12H,5-6,9-10,16H2,1-3H3,(H,19,21)/t12-/m1/s1. The fraction of sp³-hybridized carbons (Fsp3) is 0.667. The summed E-state index contributed by atoms with van der Waals surface area (Å²) in [6.07, 6.45) is 5.28. The van der Waals surface area contributed by atoms with Crippen molar-refractivity contribution < 1.29 is 4.79 Å². The monoisotopic (exact) mass is 291 g/mol. The van der Waals surface area contributed by atoms with Crippen molar-refractivity contribution in [2.75, 3.05) is 18.0 Å². The lowest BCUT2D eigenvalue weighted by Gasteiger charge is -2.34. The number of nitrogens with zero attached hydrogens (tertiary/aromatic N) is 3. The van der Waals surface area contributed by atoms with Gasteiger partial charge in [0.15, 0.2) is 0 Å². The van der Waals surface area contributed by atoms with Crippen LogP contribution in [0.5, 0.6) is 0 Å². The lowest BCUT2D eigenvalue weighted by atomic mass is 9.86. The highest BCUT2D eigenvalue weighted by Crippen LogP contribution is 2.19. The van der Waals surface area contributed by atoms with Gasteiger partial charge in [-0.15, -0.1) is 0 Å². The van der Waals surface area contributed by atoms with Gasteiger partial charge in [0.05, 0.1) is 6.04 Å². The maximum atomic E-state index is 12.1. The van der Waals surface area contributed by atoms with Gasteiger partial charge in [-0.25, -0.2) is 9.97 Å². The van der Waals surface area contributed by atoms with E-state index in [1.54, 1.807) is 12.4 Å². The van der Waals surface area contributed by atoms with E-state index in [1.807, 2.05) is 26.8 Å². The topological polar surface area (TPSA) is 84.1 Å². The molecule has 0 unspecified atom stereocenters. The number of piperidine rings is 1. The molecule has 1 aromatic rings. The molecule has 0 aromatic carbocycles. The van der Waals surface area contributed by atoms with Gasteiger partial charge in [-0.3, -0.25) is 4.79 Å².